The van der Waals surface area contributed by atoms with E-state index >= 15 is 0 Å². The Morgan fingerprint density at radius 2 is 1.86 bits per heavy atom. The molecule has 0 atom stereocenters. The van der Waals surface area contributed by atoms with Gasteiger partial charge in [0.25, 0.3) is 0 Å². The number of rotatable bonds is 6. The third kappa shape index (κ3) is 9.36. The van der Waals surface area contributed by atoms with Crippen molar-refractivity contribution >= 4 is 35.2 Å². The van der Waals surface area contributed by atoms with Crippen molar-refractivity contribution in [2.45, 2.75) is 38.5 Å². The molecule has 1 saturated heterocycles. The molecule has 0 unspecified atom stereocenters. The van der Waals surface area contributed by atoms with Gasteiger partial charge >= 0.3 is 0 Å². The van der Waals surface area contributed by atoms with E-state index in [1.54, 1.807) is 6.92 Å². The number of halogens is 1. The molecular weight excluding hydrogens is 553 g/mol. The Bertz CT molecular complexity index is 1560. The molecule has 15 heteroatoms. The number of aromatic amines is 2. The van der Waals surface area contributed by atoms with E-state index in [2.05, 4.69) is 88.2 Å². The summed E-state index contributed by atoms with van der Waals surface area (Å²) in [5.41, 5.74) is 2.66. The second kappa shape index (κ2) is 16.4. The number of nitrogens with zero attached hydrogens (tertiary/aromatic N) is 9. The van der Waals surface area contributed by atoms with Crippen molar-refractivity contribution in [1.82, 2.24) is 50.4 Å². The van der Waals surface area contributed by atoms with Crippen LogP contribution in [0.3, 0.4) is 0 Å². The number of aryl methyl sites for hydroxylation is 1. The Kier molecular flexibility index (Phi) is 12.1. The number of pyridine rings is 1. The smallest absolute Gasteiger partial charge is 0.245 e. The maximum Gasteiger partial charge on any atom is 0.245 e. The Hall–Kier alpha value is -5.83. The molecule has 43 heavy (non-hydrogen) atoms. The van der Waals surface area contributed by atoms with Crippen LogP contribution in [0.4, 0.5) is 27.7 Å². The summed E-state index contributed by atoms with van der Waals surface area (Å²) in [4.78, 5) is 20.1. The topological polar surface area (TPSA) is 171 Å². The molecule has 0 bridgehead atoms. The Morgan fingerprint density at radius 1 is 1.09 bits per heavy atom. The predicted molar refractivity (Wildman–Crippen MR) is 161 cm³/mol. The van der Waals surface area contributed by atoms with E-state index < -0.39 is 5.95 Å². The highest BCUT2D eigenvalue weighted by molar-refractivity contribution is 5.73. The van der Waals surface area contributed by atoms with Crippen LogP contribution in [0.15, 0.2) is 42.7 Å². The summed E-state index contributed by atoms with van der Waals surface area (Å²) in [6, 6.07) is 8.70. The van der Waals surface area contributed by atoms with Crippen molar-refractivity contribution in [3.05, 3.63) is 60.2 Å². The van der Waals surface area contributed by atoms with Gasteiger partial charge in [-0.25, -0.2) is 9.50 Å². The monoisotopic (exact) mass is 585 g/mol. The lowest BCUT2D eigenvalue weighted by Gasteiger charge is -2.16. The van der Waals surface area contributed by atoms with Gasteiger partial charge in [-0.15, -0.1) is 41.0 Å². The molecule has 222 valence electrons. The number of tetrazole rings is 1. The van der Waals surface area contributed by atoms with Crippen molar-refractivity contribution in [3.8, 4) is 25.7 Å². The SMILES string of the molecule is C#C.C#C.Cc1nn[nH]n1.O=CNc1ccc(F)nc1.c1cc2c(Nc3cc(C4CC4)[nH]n3)nc(N3CCCC3)nn2c1. The number of hydrogen-bond donors (Lipinski definition) is 4. The molecule has 1 aliphatic carbocycles. The highest BCUT2D eigenvalue weighted by Gasteiger charge is 2.26. The third-order valence-electron chi connectivity index (χ3n) is 6.03. The predicted octanol–water partition coefficient (Wildman–Crippen LogP) is 3.47. The van der Waals surface area contributed by atoms with Crippen molar-refractivity contribution in [2.24, 2.45) is 0 Å². The maximum atomic E-state index is 12.1. The number of nitrogens with one attached hydrogen (secondary N) is 4. The summed E-state index contributed by atoms with van der Waals surface area (Å²) >= 11 is 0. The molecule has 1 saturated carbocycles. The number of carbonyl (C=O) groups excluding carboxylic acids is 1. The standard InChI is InChI=1S/C16H19N7.C6H5FN2O.C2H4N4.2C2H2/c1-2-8-22(7-1)16-18-15(13-4-3-9-23(13)21-16)17-14-10-12(19-20-14)11-5-6-11;7-6-2-1-5(3-8-6)9-4-10;1-2-3-5-6-4-2;2*1-2/h3-4,9-11H,1-2,5-8H2,(H2,17,18,19,20,21);1-4H,(H,9,10);1H3,(H,3,4,5,6);2*1-2H. The van der Waals surface area contributed by atoms with Gasteiger partial charge < -0.3 is 15.5 Å². The van der Waals surface area contributed by atoms with Crippen molar-refractivity contribution in [1.29, 1.82) is 0 Å². The molecule has 7 rings (SSSR count). The van der Waals surface area contributed by atoms with Crippen LogP contribution in [0.2, 0.25) is 0 Å². The summed E-state index contributed by atoms with van der Waals surface area (Å²) in [5.74, 6) is 3.19. The van der Waals surface area contributed by atoms with Crippen LogP contribution in [0.1, 0.15) is 43.1 Å². The van der Waals surface area contributed by atoms with Crippen molar-refractivity contribution < 1.29 is 9.18 Å². The number of amides is 1. The average Bonchev–Trinajstić information content (AvgIpc) is 3.53. The Balaban J connectivity index is 0.000000210. The number of terminal acetylenes is 2. The van der Waals surface area contributed by atoms with Gasteiger partial charge in [0.2, 0.25) is 18.3 Å². The number of H-pyrrole nitrogens is 2. The lowest BCUT2D eigenvalue weighted by Crippen LogP contribution is -2.22. The number of fused-ring (bicyclic) bond motifs is 1. The number of anilines is 4. The first-order chi connectivity index (χ1) is 21.1. The normalized spacial score (nSPS) is 13.0. The van der Waals surface area contributed by atoms with E-state index in [4.69, 9.17) is 4.98 Å². The van der Waals surface area contributed by atoms with Crippen LogP contribution < -0.4 is 15.5 Å². The molecule has 2 aliphatic rings. The lowest BCUT2D eigenvalue weighted by atomic mass is 10.3. The number of carbonyl (C=O) groups is 1. The summed E-state index contributed by atoms with van der Waals surface area (Å²) in [7, 11) is 0. The third-order valence-corrected chi connectivity index (χ3v) is 6.03. The highest BCUT2D eigenvalue weighted by atomic mass is 19.1. The van der Waals surface area contributed by atoms with E-state index in [0.29, 0.717) is 23.8 Å². The molecule has 2 fully saturated rings. The van der Waals surface area contributed by atoms with Crippen LogP contribution in [-0.4, -0.2) is 69.9 Å². The summed E-state index contributed by atoms with van der Waals surface area (Å²) in [6.45, 7) is 3.82. The van der Waals surface area contributed by atoms with Gasteiger partial charge in [0.1, 0.15) is 5.52 Å². The molecule has 14 nitrogen and oxygen atoms in total. The van der Waals surface area contributed by atoms with E-state index in [-0.39, 0.29) is 0 Å². The molecule has 0 spiro atoms. The van der Waals surface area contributed by atoms with Gasteiger partial charge in [-0.3, -0.25) is 9.89 Å². The minimum Gasteiger partial charge on any atom is -0.340 e. The van der Waals surface area contributed by atoms with Gasteiger partial charge in [0.05, 0.1) is 11.9 Å². The molecule has 6 heterocycles. The summed E-state index contributed by atoms with van der Waals surface area (Å²) < 4.78 is 14.0. The molecule has 0 radical (unpaired) electrons. The first-order valence-corrected chi connectivity index (χ1v) is 13.2. The number of aromatic nitrogens is 10. The Labute approximate surface area is 247 Å². The molecule has 4 N–H and O–H groups in total. The van der Waals surface area contributed by atoms with Gasteiger partial charge in [-0.2, -0.15) is 19.7 Å². The van der Waals surface area contributed by atoms with Crippen LogP contribution in [-0.2, 0) is 4.79 Å². The molecule has 1 amide bonds. The highest BCUT2D eigenvalue weighted by Crippen LogP contribution is 2.39. The van der Waals surface area contributed by atoms with Gasteiger partial charge in [0.15, 0.2) is 17.5 Å². The van der Waals surface area contributed by atoms with Crippen LogP contribution in [0, 0.1) is 38.6 Å². The molecule has 5 aromatic heterocycles. The second-order valence-electron chi connectivity index (χ2n) is 8.99. The first kappa shape index (κ1) is 31.7. The van der Waals surface area contributed by atoms with E-state index in [9.17, 15) is 9.18 Å². The van der Waals surface area contributed by atoms with E-state index in [0.717, 1.165) is 36.2 Å². The zero-order valence-corrected chi connectivity index (χ0v) is 23.6. The minimum atomic E-state index is -0.559. The fourth-order valence-electron chi connectivity index (χ4n) is 3.93. The second-order valence-corrected chi connectivity index (χ2v) is 8.99. The fourth-order valence-corrected chi connectivity index (χ4v) is 3.93. The summed E-state index contributed by atoms with van der Waals surface area (Å²) in [6.07, 6.45) is 24.6. The largest absolute Gasteiger partial charge is 0.340 e. The van der Waals surface area contributed by atoms with E-state index in [1.807, 2.05) is 22.8 Å². The zero-order valence-electron chi connectivity index (χ0n) is 23.6. The van der Waals surface area contributed by atoms with Gasteiger partial charge in [-0.1, -0.05) is 5.21 Å². The Morgan fingerprint density at radius 3 is 2.44 bits per heavy atom. The number of hydrogen-bond acceptors (Lipinski definition) is 10. The van der Waals surface area contributed by atoms with Crippen molar-refractivity contribution in [3.63, 3.8) is 0 Å². The van der Waals surface area contributed by atoms with Crippen molar-refractivity contribution in [2.75, 3.05) is 28.6 Å². The van der Waals surface area contributed by atoms with Gasteiger partial charge in [-0.05, 0) is 56.9 Å². The molecule has 0 aromatic carbocycles. The maximum absolute atomic E-state index is 12.1. The van der Waals surface area contributed by atoms with E-state index in [1.165, 1.54) is 49.7 Å². The average molecular weight is 586 g/mol. The van der Waals surface area contributed by atoms with Crippen LogP contribution >= 0.6 is 0 Å². The molecule has 5 aromatic rings. The molecular formula is C28H32FN13O. The minimum absolute atomic E-state index is 0.483. The van der Waals surface area contributed by atoms with Crippen LogP contribution in [0.5, 0.6) is 0 Å². The zero-order chi connectivity index (χ0) is 31.0. The molecule has 1 aliphatic heterocycles. The van der Waals surface area contributed by atoms with Gasteiger partial charge in [0, 0.05) is 37.0 Å². The summed E-state index contributed by atoms with van der Waals surface area (Å²) in [5, 5.41) is 30.5. The first-order valence-electron chi connectivity index (χ1n) is 13.2. The fraction of sp³-hybridized carbons (Fsp3) is 0.286. The quantitative estimate of drug-likeness (QED) is 0.131. The van der Waals surface area contributed by atoms with Crippen LogP contribution in [0.25, 0.3) is 5.52 Å². The lowest BCUT2D eigenvalue weighted by molar-refractivity contribution is -0.105.